The van der Waals surface area contributed by atoms with Crippen molar-refractivity contribution in [2.45, 2.75) is 37.7 Å². The molecule has 0 radical (unpaired) electrons. The van der Waals surface area contributed by atoms with Crippen molar-refractivity contribution in [1.29, 1.82) is 0 Å². The molecule has 0 aliphatic carbocycles. The highest BCUT2D eigenvalue weighted by Crippen LogP contribution is 2.40. The fourth-order valence-electron chi connectivity index (χ4n) is 4.90. The van der Waals surface area contributed by atoms with Gasteiger partial charge in [-0.05, 0) is 73.5 Å². The molecule has 4 rings (SSSR count). The molecule has 162 valence electrons. The number of hydrogen-bond donors (Lipinski definition) is 1. The van der Waals surface area contributed by atoms with Gasteiger partial charge in [0, 0.05) is 12.5 Å². The molecule has 0 aromatic heterocycles. The lowest BCUT2D eigenvalue weighted by Gasteiger charge is -2.41. The van der Waals surface area contributed by atoms with Crippen LogP contribution in [0.15, 0.2) is 84.9 Å². The van der Waals surface area contributed by atoms with Crippen LogP contribution in [0.25, 0.3) is 0 Å². The zero-order valence-electron chi connectivity index (χ0n) is 18.0. The topological polar surface area (TPSA) is 23.5 Å². The maximum absolute atomic E-state index is 13.1. The Morgan fingerprint density at radius 3 is 2.26 bits per heavy atom. The van der Waals surface area contributed by atoms with E-state index < -0.39 is 6.10 Å². The number of aliphatic hydroxyl groups excluding tert-OH is 1. The van der Waals surface area contributed by atoms with Gasteiger partial charge in [-0.15, -0.1) is 0 Å². The third kappa shape index (κ3) is 5.81. The summed E-state index contributed by atoms with van der Waals surface area (Å²) in [6, 6.07) is 27.6. The molecule has 3 heteroatoms. The summed E-state index contributed by atoms with van der Waals surface area (Å²) >= 11 is 0. The Kier molecular flexibility index (Phi) is 7.50. The van der Waals surface area contributed by atoms with Gasteiger partial charge in [0.1, 0.15) is 5.82 Å². The Balaban J connectivity index is 1.38. The second-order valence-corrected chi connectivity index (χ2v) is 8.71. The van der Waals surface area contributed by atoms with Crippen molar-refractivity contribution in [3.63, 3.8) is 0 Å². The Morgan fingerprint density at radius 2 is 1.55 bits per heavy atom. The highest BCUT2D eigenvalue weighted by Gasteiger charge is 2.35. The molecule has 0 amide bonds. The minimum atomic E-state index is -0.464. The first-order valence-electron chi connectivity index (χ1n) is 11.5. The van der Waals surface area contributed by atoms with Gasteiger partial charge in [-0.1, -0.05) is 72.8 Å². The molecule has 3 aromatic carbocycles. The predicted octanol–water partition coefficient (Wildman–Crippen LogP) is 5.99. The van der Waals surface area contributed by atoms with Crippen molar-refractivity contribution in [3.8, 4) is 0 Å². The predicted molar refractivity (Wildman–Crippen MR) is 124 cm³/mol. The number of piperidine rings is 1. The van der Waals surface area contributed by atoms with Crippen molar-refractivity contribution in [2.75, 3.05) is 19.6 Å². The van der Waals surface area contributed by atoms with Crippen LogP contribution < -0.4 is 0 Å². The van der Waals surface area contributed by atoms with E-state index in [0.717, 1.165) is 50.9 Å². The van der Waals surface area contributed by atoms with Crippen LogP contribution in [0, 0.1) is 11.7 Å². The summed E-state index contributed by atoms with van der Waals surface area (Å²) in [5, 5.41) is 11.3. The highest BCUT2D eigenvalue weighted by atomic mass is 19.1. The Bertz CT molecular complexity index is 913. The first-order chi connectivity index (χ1) is 15.2. The van der Waals surface area contributed by atoms with Gasteiger partial charge >= 0.3 is 0 Å². The van der Waals surface area contributed by atoms with Gasteiger partial charge in [-0.2, -0.15) is 0 Å². The number of rotatable bonds is 8. The Hall–Kier alpha value is -2.49. The number of nitrogens with zero attached hydrogens (tertiary/aromatic N) is 1. The molecule has 0 bridgehead atoms. The van der Waals surface area contributed by atoms with Crippen LogP contribution in [0.3, 0.4) is 0 Å². The summed E-state index contributed by atoms with van der Waals surface area (Å²) in [5.41, 5.74) is 3.53. The lowest BCUT2D eigenvalue weighted by molar-refractivity contribution is 0.0350. The van der Waals surface area contributed by atoms with Crippen LogP contribution in [-0.4, -0.2) is 29.6 Å². The number of unbranched alkanes of at least 4 members (excludes halogenated alkanes) is 1. The van der Waals surface area contributed by atoms with Crippen molar-refractivity contribution >= 4 is 0 Å². The summed E-state index contributed by atoms with van der Waals surface area (Å²) in [7, 11) is 0. The first kappa shape index (κ1) is 21.7. The van der Waals surface area contributed by atoms with Crippen LogP contribution in [0.4, 0.5) is 4.39 Å². The van der Waals surface area contributed by atoms with Crippen LogP contribution in [0.1, 0.15) is 48.0 Å². The van der Waals surface area contributed by atoms with Crippen LogP contribution in [0.5, 0.6) is 0 Å². The maximum atomic E-state index is 13.1. The second kappa shape index (κ2) is 10.7. The molecule has 1 fully saturated rings. The molecule has 3 aromatic rings. The smallest absolute Gasteiger partial charge is 0.123 e. The maximum Gasteiger partial charge on any atom is 0.123 e. The van der Waals surface area contributed by atoms with E-state index in [9.17, 15) is 9.50 Å². The van der Waals surface area contributed by atoms with Gasteiger partial charge in [0.25, 0.3) is 0 Å². The van der Waals surface area contributed by atoms with E-state index in [0.29, 0.717) is 5.92 Å². The number of benzene rings is 3. The number of hydrogen-bond acceptors (Lipinski definition) is 2. The zero-order chi connectivity index (χ0) is 21.5. The van der Waals surface area contributed by atoms with E-state index in [1.54, 1.807) is 12.1 Å². The van der Waals surface area contributed by atoms with Gasteiger partial charge in [0.15, 0.2) is 0 Å². The average Bonchev–Trinajstić information content (AvgIpc) is 2.83. The second-order valence-electron chi connectivity index (χ2n) is 8.71. The molecule has 31 heavy (non-hydrogen) atoms. The Morgan fingerprint density at radius 1 is 0.871 bits per heavy atom. The number of halogens is 1. The molecule has 1 heterocycles. The van der Waals surface area contributed by atoms with Gasteiger partial charge in [-0.25, -0.2) is 4.39 Å². The van der Waals surface area contributed by atoms with Crippen LogP contribution >= 0.6 is 0 Å². The van der Waals surface area contributed by atoms with E-state index in [1.807, 2.05) is 42.5 Å². The van der Waals surface area contributed by atoms with Crippen molar-refractivity contribution in [2.24, 2.45) is 5.92 Å². The van der Waals surface area contributed by atoms with Gasteiger partial charge < -0.3 is 10.0 Å². The molecule has 2 nitrogen and oxygen atoms in total. The standard InChI is InChI=1S/C28H32FNO/c29-25-16-14-22(15-17-25)9-7-8-19-30-20-18-26(23-10-3-1-4-11-23)27(21-30)28(31)24-12-5-2-6-13-24/h1-6,10-17,26-28,31H,7-9,18-21H2/t26-,27-,28?/m0/s1. The average molecular weight is 418 g/mol. The summed E-state index contributed by atoms with van der Waals surface area (Å²) in [4.78, 5) is 2.51. The molecular formula is C28H32FNO. The first-order valence-corrected chi connectivity index (χ1v) is 11.5. The minimum Gasteiger partial charge on any atom is -0.388 e. The minimum absolute atomic E-state index is 0.173. The summed E-state index contributed by atoms with van der Waals surface area (Å²) in [6.07, 6.45) is 3.79. The molecule has 1 aliphatic heterocycles. The molecule has 1 unspecified atom stereocenters. The van der Waals surface area contributed by atoms with E-state index in [2.05, 4.69) is 35.2 Å². The van der Waals surface area contributed by atoms with Crippen LogP contribution in [-0.2, 0) is 6.42 Å². The normalized spacial score (nSPS) is 20.5. The third-order valence-electron chi connectivity index (χ3n) is 6.62. The molecular weight excluding hydrogens is 385 g/mol. The summed E-state index contributed by atoms with van der Waals surface area (Å²) in [5.74, 6) is 0.371. The molecule has 0 spiro atoms. The van der Waals surface area contributed by atoms with E-state index in [4.69, 9.17) is 0 Å². The molecule has 1 saturated heterocycles. The largest absolute Gasteiger partial charge is 0.388 e. The summed E-state index contributed by atoms with van der Waals surface area (Å²) < 4.78 is 13.1. The molecule has 3 atom stereocenters. The summed E-state index contributed by atoms with van der Waals surface area (Å²) in [6.45, 7) is 3.01. The SMILES string of the molecule is OC(c1ccccc1)[C@H]1CN(CCCCc2ccc(F)cc2)CC[C@H]1c1ccccc1. The van der Waals surface area contributed by atoms with Gasteiger partial charge in [0.05, 0.1) is 6.10 Å². The van der Waals surface area contributed by atoms with E-state index >= 15 is 0 Å². The zero-order valence-corrected chi connectivity index (χ0v) is 18.0. The number of aliphatic hydroxyl groups is 1. The molecule has 1 aliphatic rings. The molecule has 1 N–H and O–H groups in total. The fraction of sp³-hybridized carbons (Fsp3) is 0.357. The Labute approximate surface area is 185 Å². The monoisotopic (exact) mass is 417 g/mol. The lowest BCUT2D eigenvalue weighted by Crippen LogP contribution is -2.42. The van der Waals surface area contributed by atoms with E-state index in [1.165, 1.54) is 11.1 Å². The van der Waals surface area contributed by atoms with E-state index in [-0.39, 0.29) is 11.7 Å². The fourth-order valence-corrected chi connectivity index (χ4v) is 4.90. The van der Waals surface area contributed by atoms with Crippen molar-refractivity contribution < 1.29 is 9.50 Å². The van der Waals surface area contributed by atoms with Crippen molar-refractivity contribution in [1.82, 2.24) is 4.90 Å². The van der Waals surface area contributed by atoms with Crippen LogP contribution in [0.2, 0.25) is 0 Å². The molecule has 0 saturated carbocycles. The number of likely N-dealkylation sites (tertiary alicyclic amines) is 1. The highest BCUT2D eigenvalue weighted by molar-refractivity contribution is 5.25. The number of aryl methyl sites for hydroxylation is 1. The quantitative estimate of drug-likeness (QED) is 0.455. The lowest BCUT2D eigenvalue weighted by atomic mass is 9.76. The van der Waals surface area contributed by atoms with Gasteiger partial charge in [-0.3, -0.25) is 0 Å². The third-order valence-corrected chi connectivity index (χ3v) is 6.62. The van der Waals surface area contributed by atoms with Gasteiger partial charge in [0.2, 0.25) is 0 Å². The van der Waals surface area contributed by atoms with Crippen molar-refractivity contribution in [3.05, 3.63) is 107 Å².